The molecule has 0 fully saturated rings. The van der Waals surface area contributed by atoms with Gasteiger partial charge in [0.1, 0.15) is 0 Å². The van der Waals surface area contributed by atoms with Gasteiger partial charge in [0.25, 0.3) is 0 Å². The largest absolute Gasteiger partial charge is 0.520 e. The van der Waals surface area contributed by atoms with Gasteiger partial charge in [0.05, 0.1) is 20.0 Å². The third-order valence-corrected chi connectivity index (χ3v) is 6.41. The number of nitrogens with zero attached hydrogens (tertiary/aromatic N) is 6. The molecule has 0 amide bonds. The average molecular weight is 446 g/mol. The summed E-state index contributed by atoms with van der Waals surface area (Å²) >= 11 is 0. The van der Waals surface area contributed by atoms with E-state index in [1.165, 1.54) is 17.1 Å². The molecule has 6 nitrogen and oxygen atoms in total. The summed E-state index contributed by atoms with van der Waals surface area (Å²) in [5.74, 6) is 0. The second-order valence-corrected chi connectivity index (χ2v) is 8.62. The van der Waals surface area contributed by atoms with Crippen molar-refractivity contribution in [2.75, 3.05) is 34.7 Å². The molecule has 3 aliphatic heterocycles. The van der Waals surface area contributed by atoms with Crippen LogP contribution in [0, 0.1) is 0 Å². The summed E-state index contributed by atoms with van der Waals surface area (Å²) in [4.78, 5) is 14.0. The molecule has 3 aromatic carbocycles. The van der Waals surface area contributed by atoms with Crippen LogP contribution < -0.4 is 14.7 Å². The Labute approximate surface area is 201 Å². The Kier molecular flexibility index (Phi) is 5.35. The lowest BCUT2D eigenvalue weighted by atomic mass is 9.86. The molecule has 0 unspecified atom stereocenters. The normalized spacial score (nSPS) is 17.2. The number of rotatable bonds is 6. The van der Waals surface area contributed by atoms with Crippen LogP contribution in [-0.4, -0.2) is 41.6 Å². The van der Waals surface area contributed by atoms with Gasteiger partial charge in [-0.25, -0.2) is 0 Å². The predicted molar refractivity (Wildman–Crippen MR) is 140 cm³/mol. The van der Waals surface area contributed by atoms with E-state index in [2.05, 4.69) is 157 Å². The maximum absolute atomic E-state index is 2.39. The van der Waals surface area contributed by atoms with Gasteiger partial charge in [0.2, 0.25) is 0 Å². The van der Waals surface area contributed by atoms with Crippen LogP contribution in [0.5, 0.6) is 0 Å². The van der Waals surface area contributed by atoms with E-state index in [4.69, 9.17) is 0 Å². The van der Waals surface area contributed by atoms with Crippen molar-refractivity contribution in [2.45, 2.75) is 0 Å². The van der Waals surface area contributed by atoms with Crippen LogP contribution in [0.25, 0.3) is 0 Å². The smallest absolute Gasteiger partial charge is 0.193 e. The molecule has 0 spiro atoms. The zero-order chi connectivity index (χ0) is 22.7. The topological polar surface area (TPSA) is 19.4 Å². The van der Waals surface area contributed by atoms with E-state index in [0.717, 1.165) is 20.0 Å². The van der Waals surface area contributed by atoms with Crippen molar-refractivity contribution in [3.8, 4) is 0 Å². The number of hydrogen-bond donors (Lipinski definition) is 0. The van der Waals surface area contributed by atoms with Crippen molar-refractivity contribution in [1.82, 2.24) is 14.4 Å². The summed E-state index contributed by atoms with van der Waals surface area (Å²) in [6.45, 7) is 2.38. The predicted octanol–water partition coefficient (Wildman–Crippen LogP) is 4.72. The zero-order valence-electron chi connectivity index (χ0n) is 19.0. The molecular formula is C27H27BN6-. The summed E-state index contributed by atoms with van der Waals surface area (Å²) in [6.07, 6.45) is 13.1. The molecule has 34 heavy (non-hydrogen) atoms. The molecular weight excluding hydrogens is 419 g/mol. The molecule has 0 atom stereocenters. The van der Waals surface area contributed by atoms with Gasteiger partial charge in [-0.3, -0.25) is 0 Å². The van der Waals surface area contributed by atoms with Crippen molar-refractivity contribution in [3.63, 3.8) is 0 Å². The monoisotopic (exact) mass is 446 g/mol. The SMILES string of the molecule is C1=CN(c2ccccc2)CN1[B-](N1C=CN(c2ccccc2)C1)N1C=CN(c2ccccc2)C1. The van der Waals surface area contributed by atoms with Crippen LogP contribution in [0.15, 0.2) is 128 Å². The fourth-order valence-corrected chi connectivity index (χ4v) is 4.69. The molecule has 0 saturated heterocycles. The quantitative estimate of drug-likeness (QED) is 0.507. The Hall–Kier alpha value is -4.26. The molecule has 6 rings (SSSR count). The summed E-state index contributed by atoms with van der Waals surface area (Å²) in [7, 11) is 0.0416. The standard InChI is InChI=1S/C27H27BN6/c1-4-10-25(11-5-1)29-16-19-32(22-29)28(33-20-17-30(23-33)26-12-6-2-7-13-26)34-21-18-31(24-34)27-14-8-3-9-15-27/h1-21H,22-24H2/q-1. The highest BCUT2D eigenvalue weighted by Gasteiger charge is 2.27. The third kappa shape index (κ3) is 3.97. The van der Waals surface area contributed by atoms with Crippen LogP contribution in [0.3, 0.4) is 0 Å². The van der Waals surface area contributed by atoms with Crippen LogP contribution in [0.2, 0.25) is 0 Å². The zero-order valence-corrected chi connectivity index (χ0v) is 19.0. The first-order valence-electron chi connectivity index (χ1n) is 11.6. The van der Waals surface area contributed by atoms with E-state index in [1.807, 2.05) is 0 Å². The molecule has 0 aliphatic carbocycles. The van der Waals surface area contributed by atoms with Crippen LogP contribution >= 0.6 is 0 Å². The van der Waals surface area contributed by atoms with Gasteiger partial charge in [-0.15, -0.1) is 0 Å². The highest BCUT2D eigenvalue weighted by atomic mass is 15.5. The Bertz CT molecular complexity index is 1030. The highest BCUT2D eigenvalue weighted by Crippen LogP contribution is 2.27. The molecule has 0 aromatic heterocycles. The lowest BCUT2D eigenvalue weighted by molar-refractivity contribution is 0.417. The van der Waals surface area contributed by atoms with Crippen molar-refractivity contribution in [2.24, 2.45) is 0 Å². The fraction of sp³-hybridized carbons (Fsp3) is 0.111. The molecule has 3 aromatic rings. The average Bonchev–Trinajstić information content (AvgIpc) is 3.68. The van der Waals surface area contributed by atoms with Gasteiger partial charge >= 0.3 is 0 Å². The molecule has 0 saturated carbocycles. The molecule has 0 N–H and O–H groups in total. The molecule has 3 aliphatic rings. The molecule has 169 valence electrons. The number of hydrogen-bond acceptors (Lipinski definition) is 6. The number of benzene rings is 3. The van der Waals surface area contributed by atoms with Crippen molar-refractivity contribution in [3.05, 3.63) is 128 Å². The van der Waals surface area contributed by atoms with Gasteiger partial charge in [-0.1, -0.05) is 54.6 Å². The maximum Gasteiger partial charge on any atom is 0.193 e. The van der Waals surface area contributed by atoms with Crippen molar-refractivity contribution < 1.29 is 0 Å². The van der Waals surface area contributed by atoms with Crippen LogP contribution in [0.4, 0.5) is 17.1 Å². The van der Waals surface area contributed by atoms with Gasteiger partial charge in [0.15, 0.2) is 7.12 Å². The number of anilines is 3. The van der Waals surface area contributed by atoms with E-state index in [9.17, 15) is 0 Å². The lowest BCUT2D eigenvalue weighted by Crippen LogP contribution is -2.59. The maximum atomic E-state index is 2.39. The second-order valence-electron chi connectivity index (χ2n) is 8.62. The Morgan fingerprint density at radius 1 is 0.382 bits per heavy atom. The lowest BCUT2D eigenvalue weighted by Gasteiger charge is -2.52. The summed E-state index contributed by atoms with van der Waals surface area (Å²) in [6, 6.07) is 31.6. The molecule has 0 bridgehead atoms. The van der Waals surface area contributed by atoms with E-state index in [1.54, 1.807) is 0 Å². The summed E-state index contributed by atoms with van der Waals surface area (Å²) < 4.78 is 0. The van der Waals surface area contributed by atoms with E-state index in [-0.39, 0.29) is 7.12 Å². The molecule has 1 radical (unpaired) electrons. The fourth-order valence-electron chi connectivity index (χ4n) is 4.69. The van der Waals surface area contributed by atoms with Crippen LogP contribution in [-0.2, 0) is 0 Å². The Morgan fingerprint density at radius 2 is 0.676 bits per heavy atom. The minimum Gasteiger partial charge on any atom is -0.520 e. The van der Waals surface area contributed by atoms with E-state index in [0.29, 0.717) is 0 Å². The molecule has 7 heteroatoms. The van der Waals surface area contributed by atoms with Crippen LogP contribution in [0.1, 0.15) is 0 Å². The first-order chi connectivity index (χ1) is 16.8. The van der Waals surface area contributed by atoms with E-state index < -0.39 is 0 Å². The molecule has 3 heterocycles. The second kappa shape index (κ2) is 8.94. The number of para-hydroxylation sites is 3. The highest BCUT2D eigenvalue weighted by molar-refractivity contribution is 6.51. The van der Waals surface area contributed by atoms with Crippen molar-refractivity contribution >= 4 is 24.2 Å². The Balaban J connectivity index is 1.24. The van der Waals surface area contributed by atoms with E-state index >= 15 is 0 Å². The van der Waals surface area contributed by atoms with Gasteiger partial charge in [0, 0.05) is 35.7 Å². The first-order valence-corrected chi connectivity index (χ1v) is 11.6. The summed E-state index contributed by atoms with van der Waals surface area (Å²) in [5.41, 5.74) is 3.60. The van der Waals surface area contributed by atoms with Gasteiger partial charge in [-0.05, 0) is 55.0 Å². The minimum atomic E-state index is 0.0416. The first kappa shape index (κ1) is 20.4. The van der Waals surface area contributed by atoms with Gasteiger partial charge in [-0.2, -0.15) is 0 Å². The third-order valence-electron chi connectivity index (χ3n) is 6.41. The van der Waals surface area contributed by atoms with Gasteiger partial charge < -0.3 is 29.1 Å². The minimum absolute atomic E-state index is 0.0416. The summed E-state index contributed by atoms with van der Waals surface area (Å²) in [5, 5.41) is 0. The van der Waals surface area contributed by atoms with Crippen molar-refractivity contribution in [1.29, 1.82) is 0 Å². The Morgan fingerprint density at radius 3 is 0.971 bits per heavy atom.